The molecule has 1 aromatic heterocycles. The smallest absolute Gasteiger partial charge is 0.406 e. The van der Waals surface area contributed by atoms with E-state index < -0.39 is 46.5 Å². The van der Waals surface area contributed by atoms with Gasteiger partial charge in [-0.05, 0) is 53.4 Å². The van der Waals surface area contributed by atoms with Gasteiger partial charge in [-0.1, -0.05) is 62.0 Å². The average molecular weight is 637 g/mol. The zero-order valence-electron chi connectivity index (χ0n) is 23.6. The Kier molecular flexibility index (Phi) is 8.68. The number of halogens is 3. The van der Waals surface area contributed by atoms with Gasteiger partial charge in [0.1, 0.15) is 16.7 Å². The standard InChI is InChI=1S/C31H23F3N4O6S/c1-17(2)18-3-5-20(6-4-18)28(39)26-27(19-7-11-22(12-8-19)44-31(32,33)34)37(30(41)29(26)40)24-15-16-25(36-35-24)45-23-13-9-21(10-14-23)38(42)43/h3-17,26-27H,1-2H3. The highest BCUT2D eigenvalue weighted by atomic mass is 32.2. The van der Waals surface area contributed by atoms with Crippen molar-refractivity contribution >= 4 is 40.7 Å². The van der Waals surface area contributed by atoms with Gasteiger partial charge >= 0.3 is 6.36 Å². The minimum atomic E-state index is -4.93. The summed E-state index contributed by atoms with van der Waals surface area (Å²) in [4.78, 5) is 52.6. The first kappa shape index (κ1) is 31.3. The molecule has 2 unspecified atom stereocenters. The summed E-state index contributed by atoms with van der Waals surface area (Å²) in [5.74, 6) is -4.58. The van der Waals surface area contributed by atoms with Gasteiger partial charge in [0.05, 0.1) is 11.0 Å². The molecule has 1 saturated heterocycles. The number of non-ortho nitro benzene ring substituents is 1. The van der Waals surface area contributed by atoms with Crippen LogP contribution in [0.4, 0.5) is 24.7 Å². The van der Waals surface area contributed by atoms with Crippen LogP contribution in [0.2, 0.25) is 0 Å². The van der Waals surface area contributed by atoms with E-state index in [1.165, 1.54) is 48.5 Å². The van der Waals surface area contributed by atoms with E-state index in [1.54, 1.807) is 24.3 Å². The maximum Gasteiger partial charge on any atom is 0.573 e. The third kappa shape index (κ3) is 6.85. The van der Waals surface area contributed by atoms with Gasteiger partial charge in [-0.2, -0.15) is 0 Å². The molecule has 45 heavy (non-hydrogen) atoms. The molecule has 0 radical (unpaired) electrons. The summed E-state index contributed by atoms with van der Waals surface area (Å²) in [5.41, 5.74) is 1.27. The van der Waals surface area contributed by atoms with Crippen molar-refractivity contribution in [2.75, 3.05) is 4.90 Å². The minimum Gasteiger partial charge on any atom is -0.406 e. The van der Waals surface area contributed by atoms with Gasteiger partial charge in [0.2, 0.25) is 5.78 Å². The van der Waals surface area contributed by atoms with Gasteiger partial charge in [-0.25, -0.2) is 0 Å². The second-order valence-electron chi connectivity index (χ2n) is 10.3. The van der Waals surface area contributed by atoms with Crippen molar-refractivity contribution in [1.82, 2.24) is 10.2 Å². The lowest BCUT2D eigenvalue weighted by Crippen LogP contribution is -2.31. The fraction of sp³-hybridized carbons (Fsp3) is 0.194. The topological polar surface area (TPSA) is 133 Å². The number of aromatic nitrogens is 2. The lowest BCUT2D eigenvalue weighted by Gasteiger charge is -2.26. The SMILES string of the molecule is CC(C)c1ccc(C(=O)C2C(=O)C(=O)N(c3ccc(Sc4ccc([N+](=O)[O-])cc4)nn3)C2c2ccc(OC(F)(F)F)cc2)cc1. The molecule has 1 aliphatic heterocycles. The number of Topliss-reactive ketones (excluding diaryl/α,β-unsaturated/α-hetero) is 2. The number of nitro benzene ring substituents is 1. The van der Waals surface area contributed by atoms with Crippen molar-refractivity contribution in [2.45, 2.75) is 42.1 Å². The Morgan fingerprint density at radius 1 is 0.933 bits per heavy atom. The largest absolute Gasteiger partial charge is 0.573 e. The zero-order chi connectivity index (χ0) is 32.5. The quantitative estimate of drug-likeness (QED) is 0.0646. The normalized spacial score (nSPS) is 16.7. The van der Waals surface area contributed by atoms with Crippen molar-refractivity contribution < 1.29 is 37.2 Å². The molecule has 230 valence electrons. The molecule has 2 heterocycles. The number of ether oxygens (including phenoxy) is 1. The first-order chi connectivity index (χ1) is 21.3. The second kappa shape index (κ2) is 12.5. The molecule has 0 saturated carbocycles. The summed E-state index contributed by atoms with van der Waals surface area (Å²) in [5, 5.41) is 19.5. The number of carbonyl (C=O) groups is 3. The van der Waals surface area contributed by atoms with E-state index in [2.05, 4.69) is 14.9 Å². The van der Waals surface area contributed by atoms with Crippen LogP contribution in [0.15, 0.2) is 94.9 Å². The Labute approximate surface area is 258 Å². The average Bonchev–Trinajstić information content (AvgIpc) is 3.27. The minimum absolute atomic E-state index is 0.0625. The summed E-state index contributed by atoms with van der Waals surface area (Å²) in [6.45, 7) is 3.96. The van der Waals surface area contributed by atoms with Crippen LogP contribution in [-0.4, -0.2) is 39.0 Å². The lowest BCUT2D eigenvalue weighted by molar-refractivity contribution is -0.384. The van der Waals surface area contributed by atoms with Crippen molar-refractivity contribution in [3.8, 4) is 5.75 Å². The molecule has 0 bridgehead atoms. The van der Waals surface area contributed by atoms with Crippen LogP contribution in [0.5, 0.6) is 5.75 Å². The number of rotatable bonds is 9. The van der Waals surface area contributed by atoms with E-state index in [1.807, 2.05) is 13.8 Å². The summed E-state index contributed by atoms with van der Waals surface area (Å²) >= 11 is 1.14. The summed E-state index contributed by atoms with van der Waals surface area (Å²) in [7, 11) is 0. The van der Waals surface area contributed by atoms with Gasteiger partial charge < -0.3 is 4.74 Å². The third-order valence-electron chi connectivity index (χ3n) is 7.05. The number of benzene rings is 3. The molecule has 1 fully saturated rings. The number of hydrogen-bond acceptors (Lipinski definition) is 9. The predicted octanol–water partition coefficient (Wildman–Crippen LogP) is 6.71. The molecule has 0 spiro atoms. The Hall–Kier alpha value is -5.11. The molecule has 2 atom stereocenters. The number of nitrogens with zero attached hydrogens (tertiary/aromatic N) is 4. The van der Waals surface area contributed by atoms with E-state index >= 15 is 0 Å². The van der Waals surface area contributed by atoms with Gasteiger partial charge in [-0.15, -0.1) is 23.4 Å². The number of hydrogen-bond donors (Lipinski definition) is 0. The van der Waals surface area contributed by atoms with Crippen LogP contribution in [0.1, 0.15) is 47.3 Å². The second-order valence-corrected chi connectivity index (χ2v) is 11.4. The van der Waals surface area contributed by atoms with Gasteiger partial charge in [-0.3, -0.25) is 29.4 Å². The molecule has 1 aliphatic rings. The van der Waals surface area contributed by atoms with Crippen molar-refractivity contribution in [1.29, 1.82) is 0 Å². The first-order valence-corrected chi connectivity index (χ1v) is 14.3. The van der Waals surface area contributed by atoms with Gasteiger partial charge in [0, 0.05) is 22.6 Å². The van der Waals surface area contributed by atoms with Crippen LogP contribution in [0.3, 0.4) is 0 Å². The fourth-order valence-corrected chi connectivity index (χ4v) is 5.58. The summed E-state index contributed by atoms with van der Waals surface area (Å²) in [6.07, 6.45) is -4.93. The maximum atomic E-state index is 13.8. The van der Waals surface area contributed by atoms with Gasteiger partial charge in [0.15, 0.2) is 11.6 Å². The molecule has 0 aliphatic carbocycles. The monoisotopic (exact) mass is 636 g/mol. The van der Waals surface area contributed by atoms with Crippen LogP contribution in [-0.2, 0) is 9.59 Å². The number of amides is 1. The predicted molar refractivity (Wildman–Crippen MR) is 156 cm³/mol. The summed E-state index contributed by atoms with van der Waals surface area (Å²) in [6, 6.07) is 18.6. The molecular weight excluding hydrogens is 613 g/mol. The Morgan fingerprint density at radius 3 is 2.11 bits per heavy atom. The van der Waals surface area contributed by atoms with E-state index in [0.717, 1.165) is 34.4 Å². The molecule has 5 rings (SSSR count). The number of anilines is 1. The van der Waals surface area contributed by atoms with Crippen molar-refractivity contribution in [2.24, 2.45) is 5.92 Å². The Morgan fingerprint density at radius 2 is 1.58 bits per heavy atom. The molecule has 4 aromatic rings. The first-order valence-electron chi connectivity index (χ1n) is 13.5. The van der Waals surface area contributed by atoms with E-state index in [-0.39, 0.29) is 28.6 Å². The highest BCUT2D eigenvalue weighted by molar-refractivity contribution is 7.99. The van der Waals surface area contributed by atoms with E-state index in [0.29, 0.717) is 9.92 Å². The summed E-state index contributed by atoms with van der Waals surface area (Å²) < 4.78 is 42.3. The number of nitro groups is 1. The molecule has 14 heteroatoms. The van der Waals surface area contributed by atoms with Crippen LogP contribution in [0.25, 0.3) is 0 Å². The molecule has 1 amide bonds. The van der Waals surface area contributed by atoms with Crippen LogP contribution >= 0.6 is 11.8 Å². The Bertz CT molecular complexity index is 1750. The molecule has 0 N–H and O–H groups in total. The third-order valence-corrected chi connectivity index (χ3v) is 7.98. The Balaban J connectivity index is 1.49. The molecular formula is C31H23F3N4O6S. The molecule has 3 aromatic carbocycles. The number of carbonyl (C=O) groups excluding carboxylic acids is 3. The van der Waals surface area contributed by atoms with Crippen molar-refractivity contribution in [3.63, 3.8) is 0 Å². The maximum absolute atomic E-state index is 13.8. The van der Waals surface area contributed by atoms with Crippen LogP contribution < -0.4 is 9.64 Å². The highest BCUT2D eigenvalue weighted by Crippen LogP contribution is 2.41. The van der Waals surface area contributed by atoms with Crippen molar-refractivity contribution in [3.05, 3.63) is 112 Å². The van der Waals surface area contributed by atoms with E-state index in [9.17, 15) is 37.7 Å². The lowest BCUT2D eigenvalue weighted by atomic mass is 9.86. The fourth-order valence-electron chi connectivity index (χ4n) is 4.85. The zero-order valence-corrected chi connectivity index (χ0v) is 24.4. The highest BCUT2D eigenvalue weighted by Gasteiger charge is 2.53. The molecule has 10 nitrogen and oxygen atoms in total. The van der Waals surface area contributed by atoms with E-state index in [4.69, 9.17) is 0 Å². The van der Waals surface area contributed by atoms with Gasteiger partial charge in [0.25, 0.3) is 11.6 Å². The number of alkyl halides is 3. The number of ketones is 2. The van der Waals surface area contributed by atoms with Crippen LogP contribution in [0, 0.1) is 16.0 Å².